The fourth-order valence-corrected chi connectivity index (χ4v) is 4.18. The van der Waals surface area contributed by atoms with Crippen LogP contribution in [0.5, 0.6) is 0 Å². The smallest absolute Gasteiger partial charge is 0.416 e. The number of imidazole rings is 1. The Balaban J connectivity index is 1.72. The predicted molar refractivity (Wildman–Crippen MR) is 124 cm³/mol. The van der Waals surface area contributed by atoms with Gasteiger partial charge in [-0.15, -0.1) is 0 Å². The van der Waals surface area contributed by atoms with Gasteiger partial charge in [0, 0.05) is 12.6 Å². The number of alkyl halides is 3. The molecule has 1 atom stereocenters. The number of rotatable bonds is 7. The molecule has 12 heteroatoms. The first-order chi connectivity index (χ1) is 17.5. The van der Waals surface area contributed by atoms with E-state index in [0.29, 0.717) is 11.5 Å². The standard InChI is InChI=1S/C25H20F5N5O2/c1-12(14-7-8-14)31-20-19-21(33-22(32-20)24(36)37)34-23(16-3-2-4-17(26)18(16)27)35(19)11-13-5-9-15(10-6-13)25(28,29)30/h2-6,9-10,12,14H,7-8,11H2,1H3,(H,36,37)(H,31,32,33)/t12-/m1/s1. The zero-order valence-electron chi connectivity index (χ0n) is 19.4. The first kappa shape index (κ1) is 24.6. The van der Waals surface area contributed by atoms with Gasteiger partial charge in [-0.2, -0.15) is 13.2 Å². The maximum absolute atomic E-state index is 14.9. The van der Waals surface area contributed by atoms with Gasteiger partial charge in [0.1, 0.15) is 11.3 Å². The van der Waals surface area contributed by atoms with Crippen LogP contribution in [0, 0.1) is 17.6 Å². The normalized spacial score (nSPS) is 14.6. The monoisotopic (exact) mass is 517 g/mol. The highest BCUT2D eigenvalue weighted by Gasteiger charge is 2.31. The van der Waals surface area contributed by atoms with Crippen LogP contribution in [-0.2, 0) is 12.7 Å². The Kier molecular flexibility index (Phi) is 6.04. The third-order valence-electron chi connectivity index (χ3n) is 6.30. The highest BCUT2D eigenvalue weighted by molar-refractivity contribution is 5.92. The van der Waals surface area contributed by atoms with Crippen molar-refractivity contribution in [2.45, 2.75) is 38.5 Å². The Labute approximate surface area is 207 Å². The van der Waals surface area contributed by atoms with Gasteiger partial charge in [-0.3, -0.25) is 0 Å². The molecule has 0 radical (unpaired) electrons. The van der Waals surface area contributed by atoms with E-state index in [-0.39, 0.29) is 41.0 Å². The average Bonchev–Trinajstić information content (AvgIpc) is 3.63. The summed E-state index contributed by atoms with van der Waals surface area (Å²) in [6, 6.07) is 7.83. The molecular formula is C25H20F5N5O2. The Morgan fingerprint density at radius 1 is 1.11 bits per heavy atom. The summed E-state index contributed by atoms with van der Waals surface area (Å²) in [6.07, 6.45) is -2.55. The number of hydrogen-bond donors (Lipinski definition) is 2. The predicted octanol–water partition coefficient (Wildman–Crippen LogP) is 5.75. The molecule has 2 heterocycles. The van der Waals surface area contributed by atoms with Crippen LogP contribution < -0.4 is 5.32 Å². The molecule has 2 aromatic carbocycles. The minimum atomic E-state index is -4.52. The van der Waals surface area contributed by atoms with Crippen molar-refractivity contribution in [3.8, 4) is 11.4 Å². The zero-order chi connectivity index (χ0) is 26.5. The average molecular weight is 517 g/mol. The molecule has 0 bridgehead atoms. The van der Waals surface area contributed by atoms with E-state index < -0.39 is 35.2 Å². The highest BCUT2D eigenvalue weighted by Crippen LogP contribution is 2.36. The van der Waals surface area contributed by atoms with Gasteiger partial charge in [0.2, 0.25) is 5.82 Å². The van der Waals surface area contributed by atoms with Crippen molar-refractivity contribution in [1.29, 1.82) is 0 Å². The molecule has 192 valence electrons. The summed E-state index contributed by atoms with van der Waals surface area (Å²) in [5.74, 6) is -3.84. The van der Waals surface area contributed by atoms with Crippen LogP contribution in [0.4, 0.5) is 27.8 Å². The third-order valence-corrected chi connectivity index (χ3v) is 6.30. The molecule has 7 nitrogen and oxygen atoms in total. The van der Waals surface area contributed by atoms with Gasteiger partial charge in [0.25, 0.3) is 0 Å². The number of aromatic carboxylic acids is 1. The maximum atomic E-state index is 14.9. The fraction of sp³-hybridized carbons (Fsp3) is 0.280. The molecule has 0 spiro atoms. The van der Waals surface area contributed by atoms with E-state index in [1.54, 1.807) is 0 Å². The van der Waals surface area contributed by atoms with E-state index in [9.17, 15) is 31.9 Å². The SMILES string of the molecule is C[C@@H](Nc1nc(C(=O)O)nc2nc(-c3cccc(F)c3F)n(Cc3ccc(C(F)(F)F)cc3)c12)C1CC1. The lowest BCUT2D eigenvalue weighted by Gasteiger charge is -2.17. The number of fused-ring (bicyclic) bond motifs is 1. The van der Waals surface area contributed by atoms with E-state index in [4.69, 9.17) is 0 Å². The summed E-state index contributed by atoms with van der Waals surface area (Å²) in [6.45, 7) is 1.82. The summed E-state index contributed by atoms with van der Waals surface area (Å²) in [7, 11) is 0. The third kappa shape index (κ3) is 4.83. The van der Waals surface area contributed by atoms with E-state index in [0.717, 1.165) is 31.0 Å². The van der Waals surface area contributed by atoms with Crippen LogP contribution in [0.25, 0.3) is 22.6 Å². The number of halogens is 5. The largest absolute Gasteiger partial charge is 0.475 e. The summed E-state index contributed by atoms with van der Waals surface area (Å²) in [5.41, 5.74) is -0.505. The van der Waals surface area contributed by atoms with Gasteiger partial charge < -0.3 is 15.0 Å². The van der Waals surface area contributed by atoms with E-state index in [1.807, 2.05) is 6.92 Å². The topological polar surface area (TPSA) is 92.9 Å². The van der Waals surface area contributed by atoms with E-state index in [1.165, 1.54) is 28.8 Å². The number of anilines is 1. The van der Waals surface area contributed by atoms with E-state index >= 15 is 0 Å². The van der Waals surface area contributed by atoms with Crippen molar-refractivity contribution in [2.24, 2.45) is 5.92 Å². The van der Waals surface area contributed by atoms with Crippen LogP contribution in [0.1, 0.15) is 41.5 Å². The van der Waals surface area contributed by atoms with Crippen molar-refractivity contribution < 1.29 is 31.9 Å². The lowest BCUT2D eigenvalue weighted by molar-refractivity contribution is -0.137. The number of nitrogens with one attached hydrogen (secondary N) is 1. The molecule has 2 aromatic heterocycles. The molecule has 5 rings (SSSR count). The minimum Gasteiger partial charge on any atom is -0.475 e. The summed E-state index contributed by atoms with van der Waals surface area (Å²) < 4.78 is 69.6. The molecule has 0 amide bonds. The maximum Gasteiger partial charge on any atom is 0.416 e. The van der Waals surface area contributed by atoms with Crippen LogP contribution >= 0.6 is 0 Å². The highest BCUT2D eigenvalue weighted by atomic mass is 19.4. The first-order valence-corrected chi connectivity index (χ1v) is 11.4. The Morgan fingerprint density at radius 3 is 2.43 bits per heavy atom. The number of nitrogens with zero attached hydrogens (tertiary/aromatic N) is 4. The number of carboxylic acid groups (broad SMARTS) is 1. The van der Waals surface area contributed by atoms with Gasteiger partial charge in [0.05, 0.1) is 11.1 Å². The quantitative estimate of drug-likeness (QED) is 0.304. The van der Waals surface area contributed by atoms with Crippen LogP contribution in [0.3, 0.4) is 0 Å². The molecule has 0 saturated heterocycles. The van der Waals surface area contributed by atoms with E-state index in [2.05, 4.69) is 20.3 Å². The molecule has 1 aliphatic rings. The zero-order valence-corrected chi connectivity index (χ0v) is 19.4. The van der Waals surface area contributed by atoms with Gasteiger partial charge in [-0.05, 0) is 55.5 Å². The van der Waals surface area contributed by atoms with Crippen molar-refractivity contribution in [3.63, 3.8) is 0 Å². The molecule has 37 heavy (non-hydrogen) atoms. The second-order valence-corrected chi connectivity index (χ2v) is 8.96. The van der Waals surface area contributed by atoms with Crippen molar-refractivity contribution in [2.75, 3.05) is 5.32 Å². The Hall–Kier alpha value is -4.09. The summed E-state index contributed by atoms with van der Waals surface area (Å²) in [4.78, 5) is 24.2. The van der Waals surface area contributed by atoms with Gasteiger partial charge in [0.15, 0.2) is 23.1 Å². The summed E-state index contributed by atoms with van der Waals surface area (Å²) >= 11 is 0. The molecule has 2 N–H and O–H groups in total. The first-order valence-electron chi connectivity index (χ1n) is 11.4. The number of carbonyl (C=O) groups is 1. The number of aromatic nitrogens is 4. The molecule has 4 aromatic rings. The van der Waals surface area contributed by atoms with Gasteiger partial charge >= 0.3 is 12.1 Å². The lowest BCUT2D eigenvalue weighted by atomic mass is 10.1. The molecular weight excluding hydrogens is 497 g/mol. The summed E-state index contributed by atoms with van der Waals surface area (Å²) in [5, 5.41) is 12.7. The lowest BCUT2D eigenvalue weighted by Crippen LogP contribution is -2.20. The van der Waals surface area contributed by atoms with Crippen LogP contribution in [0.2, 0.25) is 0 Å². The van der Waals surface area contributed by atoms with Crippen LogP contribution in [-0.4, -0.2) is 36.6 Å². The van der Waals surface area contributed by atoms with Gasteiger partial charge in [-0.25, -0.2) is 28.5 Å². The van der Waals surface area contributed by atoms with Crippen molar-refractivity contribution >= 4 is 23.0 Å². The molecule has 1 saturated carbocycles. The second kappa shape index (κ2) is 9.09. The van der Waals surface area contributed by atoms with Crippen LogP contribution in [0.15, 0.2) is 42.5 Å². The number of carboxylic acids is 1. The second-order valence-electron chi connectivity index (χ2n) is 8.96. The molecule has 1 aliphatic carbocycles. The molecule has 0 unspecified atom stereocenters. The molecule has 0 aliphatic heterocycles. The number of hydrogen-bond acceptors (Lipinski definition) is 5. The fourth-order valence-electron chi connectivity index (χ4n) is 4.18. The minimum absolute atomic E-state index is 0.0779. The Bertz CT molecular complexity index is 1500. The molecule has 1 fully saturated rings. The Morgan fingerprint density at radius 2 is 1.81 bits per heavy atom. The number of benzene rings is 2. The van der Waals surface area contributed by atoms with Gasteiger partial charge in [-0.1, -0.05) is 18.2 Å². The van der Waals surface area contributed by atoms with Crippen molar-refractivity contribution in [3.05, 3.63) is 71.1 Å². The van der Waals surface area contributed by atoms with Crippen molar-refractivity contribution in [1.82, 2.24) is 19.5 Å².